The van der Waals surface area contributed by atoms with Gasteiger partial charge < -0.3 is 4.90 Å². The number of para-hydroxylation sites is 1. The molecule has 1 aliphatic heterocycles. The fraction of sp³-hybridized carbons (Fsp3) is 0.318. The summed E-state index contributed by atoms with van der Waals surface area (Å²) in [6.07, 6.45) is 4.16. The third-order valence-corrected chi connectivity index (χ3v) is 6.39. The van der Waals surface area contributed by atoms with Gasteiger partial charge in [-0.3, -0.25) is 14.7 Å². The molecule has 2 heterocycles. The Kier molecular flexibility index (Phi) is 3.82. The van der Waals surface area contributed by atoms with Crippen LogP contribution in [-0.2, 0) is 5.54 Å². The maximum absolute atomic E-state index is 13.9. The summed E-state index contributed by atoms with van der Waals surface area (Å²) in [6, 6.07) is 14.3. The summed E-state index contributed by atoms with van der Waals surface area (Å²) >= 11 is 0. The predicted octanol–water partition coefficient (Wildman–Crippen LogP) is 3.60. The molecular weight excluding hydrogens is 357 g/mol. The highest BCUT2D eigenvalue weighted by atomic mass is 19.1. The zero-order valence-corrected chi connectivity index (χ0v) is 15.3. The van der Waals surface area contributed by atoms with Gasteiger partial charge in [0.05, 0.1) is 10.9 Å². The Bertz CT molecular complexity index is 1130. The van der Waals surface area contributed by atoms with Crippen molar-refractivity contribution >= 4 is 16.8 Å². The van der Waals surface area contributed by atoms with E-state index in [0.29, 0.717) is 12.5 Å². The highest BCUT2D eigenvalue weighted by Crippen LogP contribution is 2.54. The van der Waals surface area contributed by atoms with Gasteiger partial charge >= 0.3 is 0 Å². The van der Waals surface area contributed by atoms with Crippen molar-refractivity contribution < 1.29 is 9.18 Å². The van der Waals surface area contributed by atoms with Gasteiger partial charge in [-0.1, -0.05) is 49.2 Å². The van der Waals surface area contributed by atoms with E-state index in [2.05, 4.69) is 22.3 Å². The van der Waals surface area contributed by atoms with Crippen molar-refractivity contribution in [1.82, 2.24) is 15.1 Å². The van der Waals surface area contributed by atoms with Gasteiger partial charge in [0, 0.05) is 12.5 Å². The molecule has 2 atom stereocenters. The molecule has 5 nitrogen and oxygen atoms in total. The van der Waals surface area contributed by atoms with E-state index in [-0.39, 0.29) is 28.0 Å². The predicted molar refractivity (Wildman–Crippen MR) is 103 cm³/mol. The van der Waals surface area contributed by atoms with Crippen LogP contribution in [0.25, 0.3) is 10.9 Å². The van der Waals surface area contributed by atoms with Crippen LogP contribution < -0.4 is 5.43 Å². The number of amides is 1. The molecule has 2 aliphatic rings. The SMILES string of the molecule is O=C(c1n[nH]c2c(F)cccc2c1=O)N1CC2CCCCC21c1ccccc1. The summed E-state index contributed by atoms with van der Waals surface area (Å²) in [5, 5.41) is 6.67. The zero-order chi connectivity index (χ0) is 19.3. The Morgan fingerprint density at radius 1 is 1.14 bits per heavy atom. The second kappa shape index (κ2) is 6.26. The second-order valence-corrected chi connectivity index (χ2v) is 7.71. The molecule has 142 valence electrons. The molecule has 28 heavy (non-hydrogen) atoms. The Morgan fingerprint density at radius 2 is 1.96 bits per heavy atom. The molecule has 1 aliphatic carbocycles. The van der Waals surface area contributed by atoms with E-state index in [1.807, 2.05) is 18.2 Å². The highest BCUT2D eigenvalue weighted by molar-refractivity contribution is 5.96. The molecule has 0 radical (unpaired) electrons. The van der Waals surface area contributed by atoms with E-state index < -0.39 is 11.2 Å². The number of aromatic amines is 1. The number of likely N-dealkylation sites (tertiary alicyclic amines) is 1. The minimum Gasteiger partial charge on any atom is -0.327 e. The molecule has 0 bridgehead atoms. The summed E-state index contributed by atoms with van der Waals surface area (Å²) in [6.45, 7) is 0.621. The van der Waals surface area contributed by atoms with E-state index in [1.54, 1.807) is 4.90 Å². The number of carbonyl (C=O) groups is 1. The Morgan fingerprint density at radius 3 is 2.75 bits per heavy atom. The van der Waals surface area contributed by atoms with E-state index in [0.717, 1.165) is 31.2 Å². The van der Waals surface area contributed by atoms with Crippen molar-refractivity contribution in [1.29, 1.82) is 0 Å². The highest BCUT2D eigenvalue weighted by Gasteiger charge is 2.57. The first-order chi connectivity index (χ1) is 13.6. The number of halogens is 1. The average molecular weight is 377 g/mol. The van der Waals surface area contributed by atoms with Crippen molar-refractivity contribution in [2.24, 2.45) is 5.92 Å². The van der Waals surface area contributed by atoms with Crippen molar-refractivity contribution in [3.63, 3.8) is 0 Å². The van der Waals surface area contributed by atoms with Crippen LogP contribution in [0.1, 0.15) is 41.7 Å². The lowest BCUT2D eigenvalue weighted by Gasteiger charge is -2.61. The molecule has 1 saturated carbocycles. The molecule has 5 rings (SSSR count). The fourth-order valence-corrected chi connectivity index (χ4v) is 5.01. The van der Waals surface area contributed by atoms with Crippen LogP contribution in [0.3, 0.4) is 0 Å². The quantitative estimate of drug-likeness (QED) is 0.742. The summed E-state index contributed by atoms with van der Waals surface area (Å²) in [7, 11) is 0. The monoisotopic (exact) mass is 377 g/mol. The van der Waals surface area contributed by atoms with Gasteiger partial charge in [-0.05, 0) is 30.5 Å². The van der Waals surface area contributed by atoms with Crippen LogP contribution in [0.5, 0.6) is 0 Å². The largest absolute Gasteiger partial charge is 0.327 e. The van der Waals surface area contributed by atoms with E-state index in [9.17, 15) is 14.0 Å². The number of hydrogen-bond acceptors (Lipinski definition) is 3. The van der Waals surface area contributed by atoms with Gasteiger partial charge in [0.15, 0.2) is 5.69 Å². The summed E-state index contributed by atoms with van der Waals surface area (Å²) in [5.41, 5.74) is 0.0726. The smallest absolute Gasteiger partial charge is 0.279 e. The first-order valence-electron chi connectivity index (χ1n) is 9.67. The molecule has 1 saturated heterocycles. The molecule has 2 aromatic carbocycles. The molecule has 6 heteroatoms. The van der Waals surface area contributed by atoms with Crippen LogP contribution in [0.4, 0.5) is 4.39 Å². The number of hydrogen-bond donors (Lipinski definition) is 1. The second-order valence-electron chi connectivity index (χ2n) is 7.71. The molecule has 1 amide bonds. The Balaban J connectivity index is 1.60. The summed E-state index contributed by atoms with van der Waals surface area (Å²) in [4.78, 5) is 28.0. The number of carbonyl (C=O) groups excluding carboxylic acids is 1. The van der Waals surface area contributed by atoms with Crippen molar-refractivity contribution in [3.05, 3.63) is 75.8 Å². The van der Waals surface area contributed by atoms with Crippen LogP contribution in [0.15, 0.2) is 53.3 Å². The van der Waals surface area contributed by atoms with E-state index >= 15 is 0 Å². The lowest BCUT2D eigenvalue weighted by Crippen LogP contribution is -2.68. The van der Waals surface area contributed by atoms with Crippen molar-refractivity contribution in [2.45, 2.75) is 31.2 Å². The number of benzene rings is 2. The Hall–Kier alpha value is -3.02. The number of rotatable bonds is 2. The maximum Gasteiger partial charge on any atom is 0.279 e. The standard InChI is InChI=1S/C22H20FN3O2/c23-17-11-6-10-16-18(17)24-25-19(20(16)27)21(28)26-13-15-9-4-5-12-22(15,26)14-7-2-1-3-8-14/h1-3,6-8,10-11,15H,4-5,9,12-13H2,(H,24,27). The van der Waals surface area contributed by atoms with E-state index in [4.69, 9.17) is 0 Å². The van der Waals surface area contributed by atoms with Crippen LogP contribution >= 0.6 is 0 Å². The fourth-order valence-electron chi connectivity index (χ4n) is 5.01. The normalized spacial score (nSPS) is 23.9. The molecule has 3 aromatic rings. The van der Waals surface area contributed by atoms with Gasteiger partial charge in [-0.2, -0.15) is 5.10 Å². The lowest BCUT2D eigenvalue weighted by molar-refractivity contribution is -0.0872. The molecular formula is C22H20FN3O2. The average Bonchev–Trinajstić information content (AvgIpc) is 2.70. The lowest BCUT2D eigenvalue weighted by atomic mass is 9.61. The van der Waals surface area contributed by atoms with Crippen LogP contribution in [0.2, 0.25) is 0 Å². The number of aromatic nitrogens is 2. The minimum absolute atomic E-state index is 0.0287. The Labute approximate surface area is 161 Å². The van der Waals surface area contributed by atoms with Crippen molar-refractivity contribution in [3.8, 4) is 0 Å². The number of nitrogens with zero attached hydrogens (tertiary/aromatic N) is 2. The number of fused-ring (bicyclic) bond motifs is 2. The third kappa shape index (κ3) is 2.27. The van der Waals surface area contributed by atoms with Gasteiger partial charge in [0.2, 0.25) is 5.43 Å². The molecule has 1 N–H and O–H groups in total. The minimum atomic E-state index is -0.557. The number of nitrogens with one attached hydrogen (secondary N) is 1. The zero-order valence-electron chi connectivity index (χ0n) is 15.3. The maximum atomic E-state index is 13.9. The number of H-pyrrole nitrogens is 1. The molecule has 2 fully saturated rings. The molecule has 1 aromatic heterocycles. The third-order valence-electron chi connectivity index (χ3n) is 6.39. The molecule has 2 unspecified atom stereocenters. The van der Waals surface area contributed by atoms with Gasteiger partial charge in [0.25, 0.3) is 5.91 Å². The first-order valence-corrected chi connectivity index (χ1v) is 9.67. The van der Waals surface area contributed by atoms with Gasteiger partial charge in [-0.15, -0.1) is 0 Å². The summed E-state index contributed by atoms with van der Waals surface area (Å²) < 4.78 is 13.9. The summed E-state index contributed by atoms with van der Waals surface area (Å²) in [5.74, 6) is -0.544. The van der Waals surface area contributed by atoms with E-state index in [1.165, 1.54) is 18.2 Å². The topological polar surface area (TPSA) is 66.1 Å². The van der Waals surface area contributed by atoms with Crippen LogP contribution in [-0.4, -0.2) is 27.5 Å². The van der Waals surface area contributed by atoms with Crippen LogP contribution in [0, 0.1) is 11.7 Å². The first kappa shape index (κ1) is 17.1. The molecule has 0 spiro atoms. The van der Waals surface area contributed by atoms with Gasteiger partial charge in [-0.25, -0.2) is 4.39 Å². The van der Waals surface area contributed by atoms with Crippen molar-refractivity contribution in [2.75, 3.05) is 6.54 Å². The van der Waals surface area contributed by atoms with Gasteiger partial charge in [0.1, 0.15) is 11.3 Å².